The second-order valence-corrected chi connectivity index (χ2v) is 7.03. The molecule has 0 saturated heterocycles. The maximum absolute atomic E-state index is 12.4. The zero-order valence-electron chi connectivity index (χ0n) is 12.6. The second-order valence-electron chi connectivity index (χ2n) is 5.15. The molecule has 1 aliphatic rings. The molecule has 0 bridgehead atoms. The molecule has 1 aliphatic carbocycles. The summed E-state index contributed by atoms with van der Waals surface area (Å²) in [5.74, 6) is 0. The van der Waals surface area contributed by atoms with Crippen molar-refractivity contribution in [3.8, 4) is 0 Å². The molecule has 1 heterocycles. The van der Waals surface area contributed by atoms with Crippen molar-refractivity contribution in [3.63, 3.8) is 0 Å². The van der Waals surface area contributed by atoms with Crippen molar-refractivity contribution >= 4 is 10.0 Å². The third-order valence-electron chi connectivity index (χ3n) is 3.47. The van der Waals surface area contributed by atoms with Gasteiger partial charge < -0.3 is 10.1 Å². The van der Waals surface area contributed by atoms with Crippen LogP contribution in [-0.4, -0.2) is 50.6 Å². The third-order valence-corrected chi connectivity index (χ3v) is 5.36. The molecule has 1 saturated carbocycles. The van der Waals surface area contributed by atoms with E-state index in [9.17, 15) is 8.42 Å². The van der Waals surface area contributed by atoms with Gasteiger partial charge in [-0.15, -0.1) is 0 Å². The van der Waals surface area contributed by atoms with E-state index in [0.717, 1.165) is 12.1 Å². The highest BCUT2D eigenvalue weighted by atomic mass is 32.2. The van der Waals surface area contributed by atoms with Crippen LogP contribution in [0.4, 0.5) is 0 Å². The highest BCUT2D eigenvalue weighted by molar-refractivity contribution is 7.89. The molecule has 0 aliphatic heterocycles. The molecule has 1 aromatic rings. The Bertz CT molecular complexity index is 541. The van der Waals surface area contributed by atoms with Crippen LogP contribution < -0.4 is 5.32 Å². The highest BCUT2D eigenvalue weighted by Gasteiger charge is 2.24. The van der Waals surface area contributed by atoms with Crippen LogP contribution in [0.15, 0.2) is 23.4 Å². The topological polar surface area (TPSA) is 71.5 Å². The fraction of sp³-hybridized carbons (Fsp3) is 0.643. The summed E-state index contributed by atoms with van der Waals surface area (Å²) in [6, 6.07) is 4.02. The second kappa shape index (κ2) is 7.31. The van der Waals surface area contributed by atoms with Crippen molar-refractivity contribution in [2.24, 2.45) is 0 Å². The van der Waals surface area contributed by atoms with E-state index >= 15 is 0 Å². The normalized spacial score (nSPS) is 15.6. The van der Waals surface area contributed by atoms with Crippen molar-refractivity contribution in [2.75, 3.05) is 26.8 Å². The lowest BCUT2D eigenvalue weighted by Gasteiger charge is -2.19. The number of nitrogens with one attached hydrogen (secondary N) is 1. The van der Waals surface area contributed by atoms with Crippen molar-refractivity contribution in [1.29, 1.82) is 0 Å². The molecular weight excluding hydrogens is 290 g/mol. The maximum Gasteiger partial charge on any atom is 0.260 e. The predicted molar refractivity (Wildman–Crippen MR) is 80.4 cm³/mol. The molecule has 6 nitrogen and oxygen atoms in total. The minimum Gasteiger partial charge on any atom is -0.383 e. The van der Waals surface area contributed by atoms with Gasteiger partial charge in [-0.1, -0.05) is 13.0 Å². The van der Waals surface area contributed by atoms with Gasteiger partial charge in [-0.05, 0) is 24.5 Å². The van der Waals surface area contributed by atoms with Gasteiger partial charge in [0, 0.05) is 39.0 Å². The predicted octanol–water partition coefficient (Wildman–Crippen LogP) is 0.991. The van der Waals surface area contributed by atoms with Gasteiger partial charge in [0.2, 0.25) is 0 Å². The average Bonchev–Trinajstić information content (AvgIpc) is 3.30. The van der Waals surface area contributed by atoms with Crippen molar-refractivity contribution in [2.45, 2.75) is 37.4 Å². The lowest BCUT2D eigenvalue weighted by atomic mass is 10.3. The quantitative estimate of drug-likeness (QED) is 0.736. The standard InChI is InChI=1S/C14H23N3O3S/c1-3-17(8-9-20-2)21(18,19)14-7-4-12(11-16-14)10-15-13-5-6-13/h4,7,11,13,15H,3,5-6,8-10H2,1-2H3. The SMILES string of the molecule is CCN(CCOC)S(=O)(=O)c1ccc(CNC2CC2)cn1. The molecule has 7 heteroatoms. The largest absolute Gasteiger partial charge is 0.383 e. The first-order chi connectivity index (χ1) is 10.1. The Morgan fingerprint density at radius 3 is 2.71 bits per heavy atom. The van der Waals surface area contributed by atoms with E-state index in [1.54, 1.807) is 26.3 Å². The van der Waals surface area contributed by atoms with Crippen LogP contribution in [0.5, 0.6) is 0 Å². The van der Waals surface area contributed by atoms with Gasteiger partial charge in [0.05, 0.1) is 6.61 Å². The van der Waals surface area contributed by atoms with Crippen LogP contribution in [0.3, 0.4) is 0 Å². The molecule has 1 fully saturated rings. The number of aromatic nitrogens is 1. The molecule has 1 N–H and O–H groups in total. The zero-order chi connectivity index (χ0) is 15.3. The number of pyridine rings is 1. The minimum absolute atomic E-state index is 0.0932. The van der Waals surface area contributed by atoms with E-state index in [1.807, 2.05) is 6.07 Å². The summed E-state index contributed by atoms with van der Waals surface area (Å²) in [5.41, 5.74) is 1.00. The van der Waals surface area contributed by atoms with Gasteiger partial charge in [0.25, 0.3) is 10.0 Å². The number of hydrogen-bond donors (Lipinski definition) is 1. The van der Waals surface area contributed by atoms with Crippen molar-refractivity contribution < 1.29 is 13.2 Å². The molecule has 1 aromatic heterocycles. The number of hydrogen-bond acceptors (Lipinski definition) is 5. The first kappa shape index (κ1) is 16.4. The third kappa shape index (κ3) is 4.47. The summed E-state index contributed by atoms with van der Waals surface area (Å²) in [6.07, 6.45) is 4.09. The Morgan fingerprint density at radius 1 is 1.43 bits per heavy atom. The first-order valence-electron chi connectivity index (χ1n) is 7.25. The first-order valence-corrected chi connectivity index (χ1v) is 8.69. The molecule has 118 valence electrons. The summed E-state index contributed by atoms with van der Waals surface area (Å²) in [5, 5.41) is 3.47. The van der Waals surface area contributed by atoms with E-state index in [0.29, 0.717) is 25.7 Å². The van der Waals surface area contributed by atoms with E-state index in [-0.39, 0.29) is 5.03 Å². The highest BCUT2D eigenvalue weighted by Crippen LogP contribution is 2.19. The maximum atomic E-state index is 12.4. The van der Waals surface area contributed by atoms with Crippen molar-refractivity contribution in [3.05, 3.63) is 23.9 Å². The van der Waals surface area contributed by atoms with E-state index < -0.39 is 10.0 Å². The monoisotopic (exact) mass is 313 g/mol. The number of methoxy groups -OCH3 is 1. The number of nitrogens with zero attached hydrogens (tertiary/aromatic N) is 2. The number of ether oxygens (including phenoxy) is 1. The summed E-state index contributed by atoms with van der Waals surface area (Å²) < 4.78 is 31.2. The molecular formula is C14H23N3O3S. The molecule has 0 unspecified atom stereocenters. The van der Waals surface area contributed by atoms with Crippen LogP contribution in [-0.2, 0) is 21.3 Å². The smallest absolute Gasteiger partial charge is 0.260 e. The Morgan fingerprint density at radius 2 is 2.19 bits per heavy atom. The van der Waals surface area contributed by atoms with Gasteiger partial charge in [-0.3, -0.25) is 0 Å². The molecule has 21 heavy (non-hydrogen) atoms. The van der Waals surface area contributed by atoms with E-state index in [4.69, 9.17) is 4.74 Å². The van der Waals surface area contributed by atoms with Gasteiger partial charge >= 0.3 is 0 Å². The fourth-order valence-corrected chi connectivity index (χ4v) is 3.34. The minimum atomic E-state index is -3.54. The average molecular weight is 313 g/mol. The van der Waals surface area contributed by atoms with Crippen LogP contribution in [0.2, 0.25) is 0 Å². The van der Waals surface area contributed by atoms with Gasteiger partial charge in [-0.2, -0.15) is 4.31 Å². The zero-order valence-corrected chi connectivity index (χ0v) is 13.4. The summed E-state index contributed by atoms with van der Waals surface area (Å²) in [7, 11) is -1.98. The summed E-state index contributed by atoms with van der Waals surface area (Å²) in [4.78, 5) is 4.12. The molecule has 0 atom stereocenters. The van der Waals surface area contributed by atoms with Gasteiger partial charge in [-0.25, -0.2) is 13.4 Å². The Kier molecular flexibility index (Phi) is 5.69. The van der Waals surface area contributed by atoms with E-state index in [1.165, 1.54) is 17.1 Å². The molecule has 0 aromatic carbocycles. The lowest BCUT2D eigenvalue weighted by Crippen LogP contribution is -2.34. The van der Waals surface area contributed by atoms with E-state index in [2.05, 4.69) is 10.3 Å². The Hall–Kier alpha value is -1.02. The van der Waals surface area contributed by atoms with Crippen molar-refractivity contribution in [1.82, 2.24) is 14.6 Å². The molecule has 2 rings (SSSR count). The van der Waals surface area contributed by atoms with Crippen LogP contribution in [0, 0.1) is 0 Å². The fourth-order valence-electron chi connectivity index (χ4n) is 1.99. The van der Waals surface area contributed by atoms with Crippen LogP contribution >= 0.6 is 0 Å². The van der Waals surface area contributed by atoms with Crippen LogP contribution in [0.1, 0.15) is 25.3 Å². The summed E-state index contributed by atoms with van der Waals surface area (Å²) >= 11 is 0. The van der Waals surface area contributed by atoms with Gasteiger partial charge in [0.15, 0.2) is 5.03 Å². The van der Waals surface area contributed by atoms with Crippen LogP contribution in [0.25, 0.3) is 0 Å². The molecule has 0 spiro atoms. The number of rotatable bonds is 9. The Balaban J connectivity index is 2.03. The lowest BCUT2D eigenvalue weighted by molar-refractivity contribution is 0.180. The van der Waals surface area contributed by atoms with Gasteiger partial charge in [0.1, 0.15) is 0 Å². The molecule has 0 radical (unpaired) electrons. The number of sulfonamides is 1. The Labute approximate surface area is 126 Å². The number of likely N-dealkylation sites (N-methyl/N-ethyl adjacent to an activating group) is 1. The molecule has 0 amide bonds. The summed E-state index contributed by atoms with van der Waals surface area (Å²) in [6.45, 7) is 3.65.